The van der Waals surface area contributed by atoms with Crippen LogP contribution in [0.25, 0.3) is 11.0 Å². The van der Waals surface area contributed by atoms with Crippen LogP contribution in [0.4, 0.5) is 19.0 Å². The summed E-state index contributed by atoms with van der Waals surface area (Å²) < 4.78 is 44.9. The number of allylic oxidation sites excluding steroid dienone is 1. The zero-order valence-electron chi connectivity index (χ0n) is 16.0. The summed E-state index contributed by atoms with van der Waals surface area (Å²) >= 11 is 0. The van der Waals surface area contributed by atoms with Crippen molar-refractivity contribution in [3.8, 4) is 0 Å². The lowest BCUT2D eigenvalue weighted by atomic mass is 9.99. The predicted molar refractivity (Wildman–Crippen MR) is 99.4 cm³/mol. The van der Waals surface area contributed by atoms with Gasteiger partial charge < -0.3 is 9.64 Å². The fourth-order valence-corrected chi connectivity index (χ4v) is 3.60. The first-order valence-electron chi connectivity index (χ1n) is 9.27. The molecule has 0 radical (unpaired) electrons. The standard InChI is InChI=1S/C20H21F3N4O/c1-11-10-27(6-7-28-11)17-9-16-19(25-13(3)12(2)24-16)18(26-17)14-4-5-15(8-14)20(21,22)23/h4,9,11,14H,6-8,10H2,1-3H3/t11-,14?/m0/s1. The van der Waals surface area contributed by atoms with Crippen LogP contribution in [0.5, 0.6) is 0 Å². The molecule has 0 N–H and O–H groups in total. The van der Waals surface area contributed by atoms with E-state index in [2.05, 4.69) is 20.6 Å². The van der Waals surface area contributed by atoms with Gasteiger partial charge in [0.1, 0.15) is 11.3 Å². The molecule has 1 saturated heterocycles. The van der Waals surface area contributed by atoms with E-state index in [9.17, 15) is 13.2 Å². The molecule has 3 heterocycles. The molecule has 148 valence electrons. The highest BCUT2D eigenvalue weighted by Gasteiger charge is 2.38. The maximum absolute atomic E-state index is 13.1. The van der Waals surface area contributed by atoms with E-state index in [0.29, 0.717) is 42.2 Å². The number of ether oxygens (including phenoxy) is 1. The zero-order chi connectivity index (χ0) is 20.1. The number of hydrogen-bond acceptors (Lipinski definition) is 5. The van der Waals surface area contributed by atoms with Crippen molar-refractivity contribution < 1.29 is 17.9 Å². The van der Waals surface area contributed by atoms with Crippen LogP contribution in [0.15, 0.2) is 23.4 Å². The molecule has 2 atom stereocenters. The van der Waals surface area contributed by atoms with Gasteiger partial charge in [0.25, 0.3) is 0 Å². The van der Waals surface area contributed by atoms with Gasteiger partial charge in [-0.2, -0.15) is 13.2 Å². The van der Waals surface area contributed by atoms with E-state index in [1.807, 2.05) is 26.8 Å². The minimum atomic E-state index is -4.38. The average molecular weight is 390 g/mol. The third-order valence-corrected chi connectivity index (χ3v) is 5.22. The van der Waals surface area contributed by atoms with Crippen LogP contribution in [0.1, 0.15) is 36.3 Å². The molecule has 1 aliphatic heterocycles. The molecule has 0 spiro atoms. The highest BCUT2D eigenvalue weighted by Crippen LogP contribution is 2.39. The molecule has 1 fully saturated rings. The summed E-state index contributed by atoms with van der Waals surface area (Å²) in [6.45, 7) is 7.62. The number of nitrogens with zero attached hydrogens (tertiary/aromatic N) is 4. The van der Waals surface area contributed by atoms with E-state index in [1.54, 1.807) is 0 Å². The summed E-state index contributed by atoms with van der Waals surface area (Å²) in [5.41, 5.74) is 4.99. The van der Waals surface area contributed by atoms with Gasteiger partial charge in [0, 0.05) is 25.1 Å². The van der Waals surface area contributed by atoms with Gasteiger partial charge in [-0.25, -0.2) is 15.0 Å². The lowest BCUT2D eigenvalue weighted by Crippen LogP contribution is -2.41. The fourth-order valence-electron chi connectivity index (χ4n) is 3.60. The molecule has 1 aliphatic carbocycles. The minimum absolute atomic E-state index is 0.0606. The molecule has 2 aliphatic rings. The summed E-state index contributed by atoms with van der Waals surface area (Å²) in [7, 11) is 0. The van der Waals surface area contributed by atoms with Crippen LogP contribution in [-0.2, 0) is 4.74 Å². The highest BCUT2D eigenvalue weighted by atomic mass is 19.4. The number of aryl methyl sites for hydroxylation is 2. The van der Waals surface area contributed by atoms with Gasteiger partial charge in [0.2, 0.25) is 0 Å². The largest absolute Gasteiger partial charge is 0.419 e. The van der Waals surface area contributed by atoms with Crippen molar-refractivity contribution in [1.82, 2.24) is 15.0 Å². The molecule has 0 saturated carbocycles. The van der Waals surface area contributed by atoms with Gasteiger partial charge >= 0.3 is 6.18 Å². The number of morpholine rings is 1. The van der Waals surface area contributed by atoms with Crippen LogP contribution >= 0.6 is 0 Å². The predicted octanol–water partition coefficient (Wildman–Crippen LogP) is 4.00. The molecule has 8 heteroatoms. The van der Waals surface area contributed by atoms with Crippen molar-refractivity contribution in [2.24, 2.45) is 0 Å². The number of halogens is 3. The second kappa shape index (κ2) is 6.87. The number of rotatable bonds is 2. The van der Waals surface area contributed by atoms with Crippen molar-refractivity contribution in [2.45, 2.75) is 45.4 Å². The Morgan fingerprint density at radius 3 is 2.61 bits per heavy atom. The molecule has 2 aromatic rings. The molecule has 1 unspecified atom stereocenters. The maximum Gasteiger partial charge on any atom is 0.419 e. The Balaban J connectivity index is 1.80. The Bertz CT molecular complexity index is 995. The first-order valence-corrected chi connectivity index (χ1v) is 9.27. The van der Waals surface area contributed by atoms with Gasteiger partial charge in [-0.05, 0) is 33.3 Å². The van der Waals surface area contributed by atoms with E-state index < -0.39 is 17.7 Å². The normalized spacial score (nSPS) is 22.8. The first-order chi connectivity index (χ1) is 13.2. The molecular formula is C20H21F3N4O. The van der Waals surface area contributed by atoms with Gasteiger partial charge in [-0.15, -0.1) is 5.73 Å². The summed E-state index contributed by atoms with van der Waals surface area (Å²) in [6, 6.07) is 1.87. The van der Waals surface area contributed by atoms with Gasteiger partial charge in [-0.1, -0.05) is 0 Å². The number of fused-ring (bicyclic) bond motifs is 1. The van der Waals surface area contributed by atoms with Crippen LogP contribution in [0.2, 0.25) is 0 Å². The van der Waals surface area contributed by atoms with Crippen molar-refractivity contribution >= 4 is 16.9 Å². The lowest BCUT2D eigenvalue weighted by Gasteiger charge is -2.32. The number of aromatic nitrogens is 3. The molecule has 4 rings (SSSR count). The molecule has 0 aromatic carbocycles. The number of alkyl halides is 3. The smallest absolute Gasteiger partial charge is 0.375 e. The molecule has 2 aromatic heterocycles. The van der Waals surface area contributed by atoms with Gasteiger partial charge in [0.15, 0.2) is 0 Å². The first kappa shape index (κ1) is 18.9. The SMILES string of the molecule is Cc1nc2cc(N3CCO[C@@H](C)C3)nc(C3C=C=C(C(F)(F)F)C3)c2nc1C. The molecule has 28 heavy (non-hydrogen) atoms. The summed E-state index contributed by atoms with van der Waals surface area (Å²) in [5.74, 6) is 0.179. The van der Waals surface area contributed by atoms with Crippen LogP contribution in [0, 0.1) is 13.8 Å². The summed E-state index contributed by atoms with van der Waals surface area (Å²) in [6.07, 6.45) is -3.04. The van der Waals surface area contributed by atoms with Crippen molar-refractivity contribution in [1.29, 1.82) is 0 Å². The van der Waals surface area contributed by atoms with Crippen LogP contribution in [-0.4, -0.2) is 46.9 Å². The second-order valence-corrected chi connectivity index (χ2v) is 7.35. The van der Waals surface area contributed by atoms with E-state index >= 15 is 0 Å². The second-order valence-electron chi connectivity index (χ2n) is 7.35. The van der Waals surface area contributed by atoms with Gasteiger partial charge in [0.05, 0.1) is 40.9 Å². The van der Waals surface area contributed by atoms with Crippen molar-refractivity contribution in [2.75, 3.05) is 24.6 Å². The van der Waals surface area contributed by atoms with E-state index in [1.165, 1.54) is 6.08 Å². The van der Waals surface area contributed by atoms with E-state index in [0.717, 1.165) is 11.4 Å². The zero-order valence-corrected chi connectivity index (χ0v) is 16.0. The Morgan fingerprint density at radius 1 is 1.18 bits per heavy atom. The quantitative estimate of drug-likeness (QED) is 0.726. The molecule has 0 amide bonds. The Hall–Kier alpha value is -2.44. The Kier molecular flexibility index (Phi) is 4.63. The van der Waals surface area contributed by atoms with Crippen molar-refractivity contribution in [3.63, 3.8) is 0 Å². The monoisotopic (exact) mass is 390 g/mol. The average Bonchev–Trinajstić information content (AvgIpc) is 3.12. The van der Waals surface area contributed by atoms with Crippen LogP contribution in [0.3, 0.4) is 0 Å². The van der Waals surface area contributed by atoms with Crippen LogP contribution < -0.4 is 4.90 Å². The maximum atomic E-state index is 13.1. The third kappa shape index (κ3) is 3.50. The Morgan fingerprint density at radius 2 is 1.93 bits per heavy atom. The Labute approximate surface area is 160 Å². The van der Waals surface area contributed by atoms with E-state index in [-0.39, 0.29) is 12.5 Å². The van der Waals surface area contributed by atoms with E-state index in [4.69, 9.17) is 9.72 Å². The lowest BCUT2D eigenvalue weighted by molar-refractivity contribution is -0.0934. The third-order valence-electron chi connectivity index (χ3n) is 5.22. The van der Waals surface area contributed by atoms with Gasteiger partial charge in [-0.3, -0.25) is 0 Å². The fraction of sp³-hybridized carbons (Fsp3) is 0.500. The number of anilines is 1. The topological polar surface area (TPSA) is 51.1 Å². The summed E-state index contributed by atoms with van der Waals surface area (Å²) in [4.78, 5) is 16.1. The van der Waals surface area contributed by atoms with Crippen molar-refractivity contribution in [3.05, 3.63) is 40.5 Å². The summed E-state index contributed by atoms with van der Waals surface area (Å²) in [5, 5.41) is 0. The highest BCUT2D eigenvalue weighted by molar-refractivity contribution is 5.81. The molecule has 5 nitrogen and oxygen atoms in total. The number of pyridine rings is 1. The minimum Gasteiger partial charge on any atom is -0.375 e. The molecular weight excluding hydrogens is 369 g/mol. The molecule has 0 bridgehead atoms. The number of hydrogen-bond donors (Lipinski definition) is 0.